The number of carbonyl (C=O) groups excluding carboxylic acids is 2. The number of hydrogen-bond donors (Lipinski definition) is 2. The van der Waals surface area contributed by atoms with Crippen LogP contribution in [0.1, 0.15) is 44.9 Å². The summed E-state index contributed by atoms with van der Waals surface area (Å²) in [7, 11) is 0. The monoisotopic (exact) mass is 476 g/mol. The number of aryl methyl sites for hydroxylation is 1. The number of nitrogens with one attached hydrogen (secondary N) is 1. The van der Waals surface area contributed by atoms with Gasteiger partial charge in [0, 0.05) is 31.2 Å². The highest BCUT2D eigenvalue weighted by molar-refractivity contribution is 6.33. The Kier molecular flexibility index (Phi) is 5.32. The van der Waals surface area contributed by atoms with Crippen LogP contribution >= 0.6 is 11.6 Å². The number of rotatable bonds is 3. The van der Waals surface area contributed by atoms with Crippen LogP contribution in [0, 0.1) is 6.92 Å². The molecule has 2 amide bonds. The molecule has 3 aromatic rings. The number of fused-ring (bicyclic) bond motifs is 2. The van der Waals surface area contributed by atoms with Crippen LogP contribution in [0.25, 0.3) is 11.1 Å². The fraction of sp³-hybridized carbons (Fsp3) is 0.240. The Labute approximate surface area is 200 Å². The minimum absolute atomic E-state index is 0.0373. The van der Waals surface area contributed by atoms with Crippen molar-refractivity contribution < 1.29 is 19.5 Å². The zero-order valence-corrected chi connectivity index (χ0v) is 19.1. The summed E-state index contributed by atoms with van der Waals surface area (Å²) in [6.45, 7) is 2.60. The number of carbonyl (C=O) groups is 3. The van der Waals surface area contributed by atoms with Crippen molar-refractivity contribution >= 4 is 35.1 Å². The van der Waals surface area contributed by atoms with Crippen LogP contribution in [0.2, 0.25) is 5.02 Å². The van der Waals surface area contributed by atoms with E-state index in [1.54, 1.807) is 30.2 Å². The summed E-state index contributed by atoms with van der Waals surface area (Å²) in [4.78, 5) is 47.4. The van der Waals surface area contributed by atoms with Gasteiger partial charge in [-0.2, -0.15) is 0 Å². The van der Waals surface area contributed by atoms with Gasteiger partial charge in [-0.25, -0.2) is 9.78 Å². The van der Waals surface area contributed by atoms with E-state index in [0.29, 0.717) is 37.3 Å². The molecular formula is C25H21ClN4O4. The van der Waals surface area contributed by atoms with Gasteiger partial charge in [0.15, 0.2) is 0 Å². The maximum Gasteiger partial charge on any atom is 0.337 e. The molecule has 0 aliphatic carbocycles. The molecule has 0 unspecified atom stereocenters. The lowest BCUT2D eigenvalue weighted by Crippen LogP contribution is -2.48. The highest BCUT2D eigenvalue weighted by Crippen LogP contribution is 2.46. The second kappa shape index (κ2) is 8.22. The average Bonchev–Trinajstić information content (AvgIpc) is 3.09. The number of aromatic nitrogens is 2. The third-order valence-corrected chi connectivity index (χ3v) is 7.05. The summed E-state index contributed by atoms with van der Waals surface area (Å²) in [5, 5.41) is 12.4. The van der Waals surface area contributed by atoms with E-state index in [-0.39, 0.29) is 22.4 Å². The minimum atomic E-state index is -1.09. The van der Waals surface area contributed by atoms with E-state index in [9.17, 15) is 19.5 Å². The lowest BCUT2D eigenvalue weighted by molar-refractivity contribution is -0.122. The van der Waals surface area contributed by atoms with Gasteiger partial charge in [0.2, 0.25) is 5.91 Å². The van der Waals surface area contributed by atoms with Gasteiger partial charge in [0.1, 0.15) is 5.69 Å². The molecule has 0 radical (unpaired) electrons. The van der Waals surface area contributed by atoms with Crippen molar-refractivity contribution in [2.24, 2.45) is 0 Å². The third kappa shape index (κ3) is 3.51. The smallest absolute Gasteiger partial charge is 0.337 e. The SMILES string of the molecule is Cc1nccnc1C(=O)N1CCC2(CC1)C(=O)Nc1ccc(-c3ccc(C(=O)O)c(Cl)c3)cc12. The zero-order chi connectivity index (χ0) is 24.0. The first-order chi connectivity index (χ1) is 16.3. The first-order valence-electron chi connectivity index (χ1n) is 10.9. The molecule has 1 saturated heterocycles. The van der Waals surface area contributed by atoms with Crippen LogP contribution in [0.3, 0.4) is 0 Å². The number of aromatic carboxylic acids is 1. The van der Waals surface area contributed by atoms with Crippen molar-refractivity contribution in [1.82, 2.24) is 14.9 Å². The first kappa shape index (κ1) is 22.0. The van der Waals surface area contributed by atoms with Crippen molar-refractivity contribution in [2.75, 3.05) is 18.4 Å². The molecule has 1 aromatic heterocycles. The van der Waals surface area contributed by atoms with Crippen LogP contribution in [-0.2, 0) is 10.2 Å². The average molecular weight is 477 g/mol. The highest BCUT2D eigenvalue weighted by Gasteiger charge is 2.49. The molecule has 2 aliphatic heterocycles. The molecule has 34 heavy (non-hydrogen) atoms. The van der Waals surface area contributed by atoms with Crippen molar-refractivity contribution in [3.63, 3.8) is 0 Å². The van der Waals surface area contributed by atoms with Gasteiger partial charge in [-0.05, 0) is 60.7 Å². The van der Waals surface area contributed by atoms with E-state index in [1.165, 1.54) is 12.3 Å². The van der Waals surface area contributed by atoms with Crippen molar-refractivity contribution in [3.8, 4) is 11.1 Å². The number of nitrogens with zero attached hydrogens (tertiary/aromatic N) is 3. The van der Waals surface area contributed by atoms with E-state index < -0.39 is 11.4 Å². The van der Waals surface area contributed by atoms with Crippen LogP contribution in [0.15, 0.2) is 48.8 Å². The number of benzene rings is 2. The Morgan fingerprint density at radius 1 is 1.06 bits per heavy atom. The molecule has 0 bridgehead atoms. The quantitative estimate of drug-likeness (QED) is 0.592. The number of halogens is 1. The van der Waals surface area contributed by atoms with E-state index in [4.69, 9.17) is 11.6 Å². The molecule has 172 valence electrons. The van der Waals surface area contributed by atoms with Gasteiger partial charge in [-0.3, -0.25) is 14.6 Å². The molecule has 1 spiro atoms. The van der Waals surface area contributed by atoms with Gasteiger partial charge in [-0.1, -0.05) is 23.7 Å². The second-order valence-corrected chi connectivity index (χ2v) is 8.99. The van der Waals surface area contributed by atoms with E-state index >= 15 is 0 Å². The second-order valence-electron chi connectivity index (χ2n) is 8.58. The molecule has 2 aliphatic rings. The predicted octanol–water partition coefficient (Wildman–Crippen LogP) is 3.93. The number of carboxylic acid groups (broad SMARTS) is 1. The number of piperidine rings is 1. The molecule has 1 fully saturated rings. The van der Waals surface area contributed by atoms with Crippen LogP contribution in [-0.4, -0.2) is 50.8 Å². The number of likely N-dealkylation sites (tertiary alicyclic amines) is 1. The molecule has 8 nitrogen and oxygen atoms in total. The zero-order valence-electron chi connectivity index (χ0n) is 18.3. The normalized spacial score (nSPS) is 16.3. The van der Waals surface area contributed by atoms with E-state index in [1.807, 2.05) is 18.2 Å². The number of anilines is 1. The third-order valence-electron chi connectivity index (χ3n) is 6.74. The van der Waals surface area contributed by atoms with E-state index in [0.717, 1.165) is 22.4 Å². The van der Waals surface area contributed by atoms with Gasteiger partial charge in [-0.15, -0.1) is 0 Å². The number of amides is 2. The maximum absolute atomic E-state index is 13.1. The van der Waals surface area contributed by atoms with Crippen LogP contribution in [0.4, 0.5) is 5.69 Å². The fourth-order valence-electron chi connectivity index (χ4n) is 4.82. The van der Waals surface area contributed by atoms with Crippen LogP contribution in [0.5, 0.6) is 0 Å². The maximum atomic E-state index is 13.1. The summed E-state index contributed by atoms with van der Waals surface area (Å²) >= 11 is 6.17. The fourth-order valence-corrected chi connectivity index (χ4v) is 5.08. The Morgan fingerprint density at radius 2 is 1.74 bits per heavy atom. The number of hydrogen-bond acceptors (Lipinski definition) is 5. The Bertz CT molecular complexity index is 1350. The van der Waals surface area contributed by atoms with Crippen molar-refractivity contribution in [1.29, 1.82) is 0 Å². The van der Waals surface area contributed by atoms with Crippen molar-refractivity contribution in [2.45, 2.75) is 25.2 Å². The van der Waals surface area contributed by atoms with Gasteiger partial charge in [0.25, 0.3) is 5.91 Å². The van der Waals surface area contributed by atoms with Crippen molar-refractivity contribution in [3.05, 3.63) is 76.3 Å². The molecular weight excluding hydrogens is 456 g/mol. The lowest BCUT2D eigenvalue weighted by Gasteiger charge is -2.38. The molecule has 5 rings (SSSR count). The summed E-state index contributed by atoms with van der Waals surface area (Å²) < 4.78 is 0. The van der Waals surface area contributed by atoms with Gasteiger partial charge >= 0.3 is 5.97 Å². The minimum Gasteiger partial charge on any atom is -0.478 e. The standard InChI is InChI=1S/C25H21ClN4O4/c1-14-21(28-9-8-27-14)22(31)30-10-6-25(7-11-30)18-12-15(3-5-20(18)29-24(25)34)16-2-4-17(23(32)33)19(26)13-16/h2-5,8-9,12-13H,6-7,10-11H2,1H3,(H,29,34)(H,32,33). The van der Waals surface area contributed by atoms with Gasteiger partial charge in [0.05, 0.1) is 21.7 Å². The Balaban J connectivity index is 1.43. The largest absolute Gasteiger partial charge is 0.478 e. The summed E-state index contributed by atoms with van der Waals surface area (Å²) in [5.41, 5.74) is 3.45. The summed E-state index contributed by atoms with van der Waals surface area (Å²) in [6, 6.07) is 10.5. The summed E-state index contributed by atoms with van der Waals surface area (Å²) in [5.74, 6) is -1.33. The Hall–Kier alpha value is -3.78. The van der Waals surface area contributed by atoms with Gasteiger partial charge < -0.3 is 15.3 Å². The highest BCUT2D eigenvalue weighted by atomic mass is 35.5. The topological polar surface area (TPSA) is 112 Å². The number of carboxylic acids is 1. The molecule has 3 heterocycles. The first-order valence-corrected chi connectivity index (χ1v) is 11.2. The van der Waals surface area contributed by atoms with E-state index in [2.05, 4.69) is 15.3 Å². The molecule has 2 N–H and O–H groups in total. The molecule has 2 aromatic carbocycles. The predicted molar refractivity (Wildman–Crippen MR) is 126 cm³/mol. The van der Waals surface area contributed by atoms with Crippen LogP contribution < -0.4 is 5.32 Å². The Morgan fingerprint density at radius 3 is 2.41 bits per heavy atom. The molecule has 0 atom stereocenters. The molecule has 9 heteroatoms. The molecule has 0 saturated carbocycles. The summed E-state index contributed by atoms with van der Waals surface area (Å²) in [6.07, 6.45) is 4.03. The lowest BCUT2D eigenvalue weighted by atomic mass is 9.73.